The van der Waals surface area contributed by atoms with E-state index in [0.29, 0.717) is 41.3 Å². The highest BCUT2D eigenvalue weighted by atomic mass is 32.2. The maximum absolute atomic E-state index is 12.8. The Hall–Kier alpha value is -2.65. The molecule has 3 rings (SSSR count). The smallest absolute Gasteiger partial charge is 0.263 e. The van der Waals surface area contributed by atoms with Crippen molar-refractivity contribution in [1.29, 1.82) is 0 Å². The van der Waals surface area contributed by atoms with Crippen LogP contribution in [0.3, 0.4) is 0 Å². The Kier molecular flexibility index (Phi) is 6.71. The second-order valence-electron chi connectivity index (χ2n) is 7.12. The van der Waals surface area contributed by atoms with Gasteiger partial charge in [-0.3, -0.25) is 18.6 Å². The van der Waals surface area contributed by atoms with E-state index < -0.39 is 0 Å². The topological polar surface area (TPSA) is 102 Å². The van der Waals surface area contributed by atoms with Gasteiger partial charge in [-0.25, -0.2) is 0 Å². The molecule has 0 bridgehead atoms. The van der Waals surface area contributed by atoms with E-state index >= 15 is 0 Å². The lowest BCUT2D eigenvalue weighted by Crippen LogP contribution is -2.30. The van der Waals surface area contributed by atoms with Gasteiger partial charge in [-0.15, -0.1) is 16.8 Å². The first kappa shape index (κ1) is 21.1. The van der Waals surface area contributed by atoms with E-state index in [1.165, 1.54) is 16.3 Å². The number of aliphatic hydroxyl groups excluding tert-OH is 1. The van der Waals surface area contributed by atoms with E-state index in [0.717, 1.165) is 0 Å². The molecule has 8 nitrogen and oxygen atoms in total. The number of rotatable bonds is 9. The predicted molar refractivity (Wildman–Crippen MR) is 114 cm³/mol. The van der Waals surface area contributed by atoms with Crippen LogP contribution in [-0.2, 0) is 11.3 Å². The zero-order valence-electron chi connectivity index (χ0n) is 16.5. The van der Waals surface area contributed by atoms with Gasteiger partial charge in [-0.05, 0) is 31.4 Å². The van der Waals surface area contributed by atoms with Crippen LogP contribution in [0.1, 0.15) is 20.3 Å². The Labute approximate surface area is 172 Å². The van der Waals surface area contributed by atoms with E-state index in [1.807, 2.05) is 25.1 Å². The number of fused-ring (bicyclic) bond motifs is 3. The molecule has 2 aromatic heterocycles. The standard InChI is InChI=1S/C20H25N5O3S/c1-4-9-24-18(28)15-7-5-6-8-16(15)25-19(24)22-23-20(25)29-12-17(27)21-11-13(2)10-14(3)26/h4-8,13-14,26H,1,9-12H2,2-3H3,(H,21,27). The van der Waals surface area contributed by atoms with Crippen molar-refractivity contribution >= 4 is 34.3 Å². The monoisotopic (exact) mass is 415 g/mol. The Bertz CT molecular complexity index is 1090. The molecule has 1 amide bonds. The highest BCUT2D eigenvalue weighted by Crippen LogP contribution is 2.21. The first-order valence-corrected chi connectivity index (χ1v) is 10.5. The molecule has 29 heavy (non-hydrogen) atoms. The van der Waals surface area contributed by atoms with Crippen LogP contribution in [-0.4, -0.2) is 48.6 Å². The van der Waals surface area contributed by atoms with Gasteiger partial charge in [0.05, 0.1) is 22.8 Å². The summed E-state index contributed by atoms with van der Waals surface area (Å²) in [4.78, 5) is 25.0. The molecule has 9 heteroatoms. The summed E-state index contributed by atoms with van der Waals surface area (Å²) in [5.74, 6) is 0.669. The molecular weight excluding hydrogens is 390 g/mol. The van der Waals surface area contributed by atoms with Crippen LogP contribution in [0.5, 0.6) is 0 Å². The average Bonchev–Trinajstić information content (AvgIpc) is 3.11. The molecule has 3 aromatic rings. The molecule has 0 saturated carbocycles. The maximum atomic E-state index is 12.8. The molecule has 2 N–H and O–H groups in total. The number of amides is 1. The van der Waals surface area contributed by atoms with Gasteiger partial charge in [0, 0.05) is 13.1 Å². The Balaban J connectivity index is 1.83. The summed E-state index contributed by atoms with van der Waals surface area (Å²) in [6, 6.07) is 7.27. The van der Waals surface area contributed by atoms with Gasteiger partial charge in [0.1, 0.15) is 0 Å². The van der Waals surface area contributed by atoms with Gasteiger partial charge in [-0.1, -0.05) is 36.9 Å². The van der Waals surface area contributed by atoms with Crippen LogP contribution in [0, 0.1) is 5.92 Å². The van der Waals surface area contributed by atoms with Crippen LogP contribution >= 0.6 is 11.8 Å². The first-order valence-electron chi connectivity index (χ1n) is 9.47. The minimum absolute atomic E-state index is 0.118. The Morgan fingerprint density at radius 1 is 1.34 bits per heavy atom. The summed E-state index contributed by atoms with van der Waals surface area (Å²) in [5.41, 5.74) is 0.549. The summed E-state index contributed by atoms with van der Waals surface area (Å²) in [7, 11) is 0. The molecule has 2 unspecified atom stereocenters. The van der Waals surface area contributed by atoms with E-state index in [1.54, 1.807) is 23.5 Å². The summed E-state index contributed by atoms with van der Waals surface area (Å²) in [6.07, 6.45) is 1.88. The lowest BCUT2D eigenvalue weighted by Gasteiger charge is -2.14. The number of hydrogen-bond acceptors (Lipinski definition) is 6. The van der Waals surface area contributed by atoms with Gasteiger partial charge < -0.3 is 10.4 Å². The largest absolute Gasteiger partial charge is 0.393 e. The van der Waals surface area contributed by atoms with Gasteiger partial charge >= 0.3 is 0 Å². The molecule has 2 heterocycles. The van der Waals surface area contributed by atoms with Crippen molar-refractivity contribution in [2.45, 2.75) is 38.1 Å². The van der Waals surface area contributed by atoms with E-state index in [-0.39, 0.29) is 29.2 Å². The number of para-hydroxylation sites is 1. The number of carbonyl (C=O) groups excluding carboxylic acids is 1. The molecular formula is C20H25N5O3S. The number of hydrogen-bond donors (Lipinski definition) is 2. The zero-order chi connectivity index (χ0) is 21.0. The minimum atomic E-state index is -0.389. The number of benzene rings is 1. The molecule has 0 aliphatic rings. The Morgan fingerprint density at radius 3 is 2.83 bits per heavy atom. The van der Waals surface area contributed by atoms with Crippen molar-refractivity contribution in [2.24, 2.45) is 5.92 Å². The summed E-state index contributed by atoms with van der Waals surface area (Å²) in [6.45, 7) is 8.26. The number of thioether (sulfide) groups is 1. The lowest BCUT2D eigenvalue weighted by atomic mass is 10.1. The molecule has 0 radical (unpaired) electrons. The fourth-order valence-corrected chi connectivity index (χ4v) is 4.03. The van der Waals surface area contributed by atoms with Crippen molar-refractivity contribution in [3.8, 4) is 0 Å². The summed E-state index contributed by atoms with van der Waals surface area (Å²) < 4.78 is 3.32. The number of nitrogens with zero attached hydrogens (tertiary/aromatic N) is 4. The third kappa shape index (κ3) is 4.68. The molecule has 0 spiro atoms. The maximum Gasteiger partial charge on any atom is 0.263 e. The first-order chi connectivity index (χ1) is 13.9. The van der Waals surface area contributed by atoms with E-state index in [4.69, 9.17) is 0 Å². The molecule has 0 fully saturated rings. The normalized spacial score (nSPS) is 13.5. The molecule has 0 aliphatic carbocycles. The van der Waals surface area contributed by atoms with Crippen LogP contribution in [0.2, 0.25) is 0 Å². The predicted octanol–water partition coefficient (Wildman–Crippen LogP) is 1.85. The third-order valence-electron chi connectivity index (χ3n) is 4.51. The fourth-order valence-electron chi connectivity index (χ4n) is 3.26. The number of carbonyl (C=O) groups is 1. The highest BCUT2D eigenvalue weighted by Gasteiger charge is 2.17. The van der Waals surface area contributed by atoms with Gasteiger partial charge in [0.15, 0.2) is 5.16 Å². The van der Waals surface area contributed by atoms with Crippen LogP contribution in [0.15, 0.2) is 46.9 Å². The minimum Gasteiger partial charge on any atom is -0.393 e. The summed E-state index contributed by atoms with van der Waals surface area (Å²) >= 11 is 1.26. The van der Waals surface area contributed by atoms with Crippen molar-refractivity contribution in [3.63, 3.8) is 0 Å². The fraction of sp³-hybridized carbons (Fsp3) is 0.400. The van der Waals surface area contributed by atoms with Crippen LogP contribution < -0.4 is 10.9 Å². The van der Waals surface area contributed by atoms with Gasteiger partial charge in [0.25, 0.3) is 5.56 Å². The van der Waals surface area contributed by atoms with Crippen molar-refractivity contribution in [2.75, 3.05) is 12.3 Å². The van der Waals surface area contributed by atoms with Crippen molar-refractivity contribution in [3.05, 3.63) is 47.3 Å². The van der Waals surface area contributed by atoms with Gasteiger partial charge in [0.2, 0.25) is 11.7 Å². The quantitative estimate of drug-likeness (QED) is 0.409. The van der Waals surface area contributed by atoms with Crippen molar-refractivity contribution in [1.82, 2.24) is 24.5 Å². The van der Waals surface area contributed by atoms with Crippen LogP contribution in [0.25, 0.3) is 16.7 Å². The second-order valence-corrected chi connectivity index (χ2v) is 8.06. The third-order valence-corrected chi connectivity index (χ3v) is 5.44. The molecule has 1 aromatic carbocycles. The number of aromatic nitrogens is 4. The number of nitrogens with one attached hydrogen (secondary N) is 1. The SMILES string of the molecule is C=CCn1c(=O)c2ccccc2n2c(SCC(=O)NCC(C)CC(C)O)nnc12. The van der Waals surface area contributed by atoms with E-state index in [2.05, 4.69) is 22.1 Å². The number of allylic oxidation sites excluding steroid dienone is 1. The highest BCUT2D eigenvalue weighted by molar-refractivity contribution is 7.99. The van der Waals surface area contributed by atoms with Crippen LogP contribution in [0.4, 0.5) is 0 Å². The molecule has 154 valence electrons. The molecule has 0 saturated heterocycles. The van der Waals surface area contributed by atoms with Gasteiger partial charge in [-0.2, -0.15) is 0 Å². The lowest BCUT2D eigenvalue weighted by molar-refractivity contribution is -0.118. The van der Waals surface area contributed by atoms with E-state index in [9.17, 15) is 14.7 Å². The molecule has 2 atom stereocenters. The van der Waals surface area contributed by atoms with Crippen molar-refractivity contribution < 1.29 is 9.90 Å². The second kappa shape index (κ2) is 9.23. The zero-order valence-corrected chi connectivity index (χ0v) is 17.4. The average molecular weight is 416 g/mol. The molecule has 0 aliphatic heterocycles. The Morgan fingerprint density at radius 2 is 2.10 bits per heavy atom. The summed E-state index contributed by atoms with van der Waals surface area (Å²) in [5, 5.41) is 21.8. The number of aliphatic hydroxyl groups is 1.